The molecule has 0 spiro atoms. The van der Waals surface area contributed by atoms with E-state index >= 15 is 0 Å². The molecule has 2 heterocycles. The third-order valence-corrected chi connectivity index (χ3v) is 9.30. The molecular formula is C45H77KO14. The zero-order valence-corrected chi connectivity index (χ0v) is 41.2. The molecule has 4 N–H and O–H groups in total. The Morgan fingerprint density at radius 2 is 0.733 bits per heavy atom. The van der Waals surface area contributed by atoms with Gasteiger partial charge in [0.05, 0.1) is 106 Å². The first-order chi connectivity index (χ1) is 27.9. The van der Waals surface area contributed by atoms with Gasteiger partial charge in [0, 0.05) is 19.8 Å². The summed E-state index contributed by atoms with van der Waals surface area (Å²) in [5, 5.41) is 29.9. The summed E-state index contributed by atoms with van der Waals surface area (Å²) in [5.74, 6) is 0. The van der Waals surface area contributed by atoms with Gasteiger partial charge < -0.3 is 68.2 Å². The van der Waals surface area contributed by atoms with Crippen LogP contribution in [-0.4, -0.2) is 146 Å². The van der Waals surface area contributed by atoms with Crippen molar-refractivity contribution in [3.8, 4) is 0 Å². The maximum absolute atomic E-state index is 10.8. The van der Waals surface area contributed by atoms with Gasteiger partial charge in [0.15, 0.2) is 0 Å². The van der Waals surface area contributed by atoms with Gasteiger partial charge in [-0.1, -0.05) is 69.3 Å². The summed E-state index contributed by atoms with van der Waals surface area (Å²) in [6.07, 6.45) is 3.03. The maximum atomic E-state index is 10.8. The first kappa shape index (κ1) is 59.5. The van der Waals surface area contributed by atoms with Gasteiger partial charge in [0.25, 0.3) is 0 Å². The van der Waals surface area contributed by atoms with E-state index in [1.54, 1.807) is 38.1 Å². The van der Waals surface area contributed by atoms with Crippen LogP contribution in [0.3, 0.4) is 0 Å². The van der Waals surface area contributed by atoms with Crippen molar-refractivity contribution in [1.29, 1.82) is 0 Å². The first-order valence-corrected chi connectivity index (χ1v) is 21.0. The zero-order chi connectivity index (χ0) is 42.6. The molecule has 2 aliphatic heterocycles. The van der Waals surface area contributed by atoms with Gasteiger partial charge in [-0.2, -0.15) is 0 Å². The fourth-order valence-electron chi connectivity index (χ4n) is 5.32. The Bertz CT molecular complexity index is 1190. The van der Waals surface area contributed by atoms with Crippen molar-refractivity contribution in [2.75, 3.05) is 126 Å². The first-order valence-electron chi connectivity index (χ1n) is 21.0. The quantitative estimate of drug-likeness (QED) is 0.0569. The second kappa shape index (κ2) is 33.9. The molecule has 0 bridgehead atoms. The van der Waals surface area contributed by atoms with E-state index in [9.17, 15) is 10.2 Å². The molecule has 0 aromatic heterocycles. The number of hydrogen-bond acceptors (Lipinski definition) is 14. The number of hydrogen-bond donors (Lipinski definition) is 3. The van der Waals surface area contributed by atoms with E-state index in [2.05, 4.69) is 58.9 Å². The second-order valence-electron chi connectivity index (χ2n) is 15.2. The van der Waals surface area contributed by atoms with Crippen LogP contribution in [0.2, 0.25) is 0 Å². The van der Waals surface area contributed by atoms with Crippen LogP contribution in [0.15, 0.2) is 48.5 Å². The van der Waals surface area contributed by atoms with Gasteiger partial charge in [0.2, 0.25) is 0 Å². The molecule has 0 radical (unpaired) electrons. The van der Waals surface area contributed by atoms with Crippen LogP contribution in [0, 0.1) is 0 Å². The number of epoxide rings is 2. The average Bonchev–Trinajstić information content (AvgIpc) is 4.16. The van der Waals surface area contributed by atoms with Gasteiger partial charge in [-0.05, 0) is 69.2 Å². The molecular weight excluding hydrogens is 804 g/mol. The largest absolute Gasteiger partial charge is 1.00 e. The maximum Gasteiger partial charge on any atom is 1.00 e. The molecule has 4 atom stereocenters. The molecule has 2 aromatic carbocycles. The van der Waals surface area contributed by atoms with Crippen molar-refractivity contribution in [2.45, 2.75) is 90.1 Å². The number of ether oxygens (including phenoxy) is 10. The summed E-state index contributed by atoms with van der Waals surface area (Å²) < 4.78 is 53.6. The van der Waals surface area contributed by atoms with Crippen LogP contribution in [0.25, 0.3) is 0 Å². The van der Waals surface area contributed by atoms with Crippen molar-refractivity contribution >= 4 is 0 Å². The number of benzene rings is 2. The summed E-state index contributed by atoms with van der Waals surface area (Å²) in [6, 6.07) is 15.8. The molecule has 14 nitrogen and oxygen atoms in total. The minimum Gasteiger partial charge on any atom is -0.870 e. The summed E-state index contributed by atoms with van der Waals surface area (Å²) in [5.41, 5.74) is 1.64. The van der Waals surface area contributed by atoms with E-state index in [0.29, 0.717) is 83.8 Å². The van der Waals surface area contributed by atoms with Crippen molar-refractivity contribution in [2.24, 2.45) is 0 Å². The minimum atomic E-state index is -1.15. The molecule has 0 aliphatic carbocycles. The standard InChI is InChI=1S/C26H46O8.C12H14O2.C7H16O3.K.H2O/c1-5-11-29-13-15-31-17-19-33-21-25(3,27)23-7-9-24(10-8-23)26(4,28)22-34-20-18-32-16-14-30-12-6-2;1-11(7-13-11)9-3-5-10(6-4-9)12(2)8-14-12;1-2-4-9-6-7-10-5-3-8;;/h7-10,27-28H,5-6,11-22H2,1-4H3;3-6H,7-8H2,1-2H3;8H,2-7H2,1H3;;1H2/q;;;+1;/p-1. The Labute approximate surface area is 402 Å². The molecule has 342 valence electrons. The van der Waals surface area contributed by atoms with Gasteiger partial charge in [0.1, 0.15) is 22.4 Å². The van der Waals surface area contributed by atoms with Crippen molar-refractivity contribution in [3.63, 3.8) is 0 Å². The molecule has 15 heteroatoms. The summed E-state index contributed by atoms with van der Waals surface area (Å²) in [4.78, 5) is 0. The SMILES string of the molecule is CC1(c2ccc(C3(C)CO3)cc2)CO1.CCCOCCOCCO.CCCOCCOCCOCC(C)(O)c1ccc(C(C)(O)COCCOCCOCCC)cc1.[K+].[OH-]. The molecule has 2 saturated heterocycles. The monoisotopic (exact) mass is 880 g/mol. The van der Waals surface area contributed by atoms with Crippen LogP contribution in [0.5, 0.6) is 0 Å². The smallest absolute Gasteiger partial charge is 0.870 e. The molecule has 2 aliphatic rings. The van der Waals surface area contributed by atoms with Crippen molar-refractivity contribution in [3.05, 3.63) is 70.8 Å². The van der Waals surface area contributed by atoms with Crippen LogP contribution in [0.4, 0.5) is 0 Å². The van der Waals surface area contributed by atoms with E-state index in [-0.39, 0.29) is 87.9 Å². The third kappa shape index (κ3) is 25.7. The molecule has 2 aromatic rings. The molecule has 0 saturated carbocycles. The van der Waals surface area contributed by atoms with E-state index in [4.69, 9.17) is 52.5 Å². The van der Waals surface area contributed by atoms with E-state index in [1.165, 1.54) is 11.1 Å². The normalized spacial score (nSPS) is 19.6. The number of rotatable bonds is 31. The summed E-state index contributed by atoms with van der Waals surface area (Å²) in [6.45, 7) is 23.7. The molecule has 60 heavy (non-hydrogen) atoms. The van der Waals surface area contributed by atoms with Gasteiger partial charge in [-0.25, -0.2) is 0 Å². The van der Waals surface area contributed by atoms with Crippen molar-refractivity contribution in [1.82, 2.24) is 0 Å². The topological polar surface area (TPSA) is 190 Å². The Morgan fingerprint density at radius 1 is 0.483 bits per heavy atom. The fraction of sp³-hybridized carbons (Fsp3) is 0.733. The Balaban J connectivity index is 0.00000108. The van der Waals surface area contributed by atoms with Crippen LogP contribution >= 0.6 is 0 Å². The van der Waals surface area contributed by atoms with Crippen LogP contribution in [-0.2, 0) is 69.8 Å². The number of aliphatic hydroxyl groups is 3. The Kier molecular flexibility index (Phi) is 33.7. The molecule has 0 amide bonds. The van der Waals surface area contributed by atoms with Gasteiger partial charge in [-0.15, -0.1) is 0 Å². The molecule has 4 unspecified atom stereocenters. The summed E-state index contributed by atoms with van der Waals surface area (Å²) in [7, 11) is 0. The predicted octanol–water partition coefficient (Wildman–Crippen LogP) is 2.45. The van der Waals surface area contributed by atoms with Crippen LogP contribution < -0.4 is 51.4 Å². The van der Waals surface area contributed by atoms with Gasteiger partial charge >= 0.3 is 51.4 Å². The van der Waals surface area contributed by atoms with Gasteiger partial charge in [-0.3, -0.25) is 0 Å². The summed E-state index contributed by atoms with van der Waals surface area (Å²) >= 11 is 0. The second-order valence-corrected chi connectivity index (χ2v) is 15.2. The van der Waals surface area contributed by atoms with Crippen LogP contribution in [0.1, 0.15) is 90.0 Å². The average molecular weight is 881 g/mol. The Hall–Kier alpha value is -0.484. The van der Waals surface area contributed by atoms with E-state index in [1.807, 2.05) is 0 Å². The minimum absolute atomic E-state index is 0. The third-order valence-electron chi connectivity index (χ3n) is 9.30. The fourth-order valence-corrected chi connectivity index (χ4v) is 5.32. The molecule has 2 fully saturated rings. The zero-order valence-electron chi connectivity index (χ0n) is 38.0. The van der Waals surface area contributed by atoms with E-state index in [0.717, 1.165) is 52.3 Å². The van der Waals surface area contributed by atoms with E-state index < -0.39 is 11.2 Å². The Morgan fingerprint density at radius 3 is 0.983 bits per heavy atom. The number of aliphatic hydroxyl groups excluding tert-OH is 1. The molecule has 4 rings (SSSR count). The van der Waals surface area contributed by atoms with Crippen molar-refractivity contribution < 1.29 is 120 Å². The predicted molar refractivity (Wildman–Crippen MR) is 225 cm³/mol.